The van der Waals surface area contributed by atoms with Crippen LogP contribution in [0.2, 0.25) is 0 Å². The second kappa shape index (κ2) is 8.86. The summed E-state index contributed by atoms with van der Waals surface area (Å²) in [5, 5.41) is 23.1. The molecule has 2 fully saturated rings. The average molecular weight is 452 g/mol. The van der Waals surface area contributed by atoms with Gasteiger partial charge in [-0.15, -0.1) is 0 Å². The number of rotatable bonds is 6. The lowest BCUT2D eigenvalue weighted by Gasteiger charge is -2.32. The molecular formula is C23H29N7O3. The molecule has 0 aromatic carbocycles. The first-order chi connectivity index (χ1) is 16.0. The molecule has 33 heavy (non-hydrogen) atoms. The largest absolute Gasteiger partial charge is 0.391 e. The Bertz CT molecular complexity index is 1230. The summed E-state index contributed by atoms with van der Waals surface area (Å²) in [6.45, 7) is 0. The molecule has 0 radical (unpaired) electrons. The molecule has 10 nitrogen and oxygen atoms in total. The molecule has 4 N–H and O–H groups in total. The molecule has 174 valence electrons. The zero-order chi connectivity index (χ0) is 22.9. The number of carbonyl (C=O) groups excluding carboxylic acids is 1. The predicted molar refractivity (Wildman–Crippen MR) is 125 cm³/mol. The summed E-state index contributed by atoms with van der Waals surface area (Å²) in [7, 11) is 1.75. The van der Waals surface area contributed by atoms with Gasteiger partial charge in [-0.05, 0) is 37.8 Å². The number of nitrogens with one attached hydrogen (secondary N) is 3. The molecule has 3 heterocycles. The zero-order valence-corrected chi connectivity index (χ0v) is 18.6. The Balaban J connectivity index is 1.46. The fourth-order valence-corrected chi connectivity index (χ4v) is 4.65. The van der Waals surface area contributed by atoms with Crippen LogP contribution in [0.15, 0.2) is 35.4 Å². The molecule has 0 saturated heterocycles. The van der Waals surface area contributed by atoms with Crippen molar-refractivity contribution in [2.24, 2.45) is 0 Å². The number of fused-ring (bicyclic) bond motifs is 1. The molecule has 0 spiro atoms. The lowest BCUT2D eigenvalue weighted by molar-refractivity contribution is 0.0448. The number of aliphatic hydroxyl groups is 1. The van der Waals surface area contributed by atoms with Crippen molar-refractivity contribution in [2.45, 2.75) is 63.1 Å². The quantitative estimate of drug-likeness (QED) is 0.453. The SMILES string of the molecule is CNc1cc(Nc2cccn(C3CCCCC3)c2=O)nc2c(C(=O)NC3CC[C@@H]3O)cnn12. The highest BCUT2D eigenvalue weighted by molar-refractivity contribution is 6.00. The molecule has 2 aliphatic rings. The Kier molecular flexibility index (Phi) is 5.76. The van der Waals surface area contributed by atoms with E-state index in [1.54, 1.807) is 23.7 Å². The molecule has 5 rings (SSSR count). The number of pyridine rings is 1. The van der Waals surface area contributed by atoms with Gasteiger partial charge in [0.05, 0.1) is 18.3 Å². The molecule has 3 aromatic heterocycles. The van der Waals surface area contributed by atoms with Gasteiger partial charge in [-0.25, -0.2) is 4.98 Å². The summed E-state index contributed by atoms with van der Waals surface area (Å²) in [5.41, 5.74) is 1.02. The molecule has 0 bridgehead atoms. The fraction of sp³-hybridized carbons (Fsp3) is 0.478. The Morgan fingerprint density at radius 2 is 2.00 bits per heavy atom. The third-order valence-corrected chi connectivity index (χ3v) is 6.73. The van der Waals surface area contributed by atoms with Crippen molar-refractivity contribution in [3.05, 3.63) is 46.5 Å². The van der Waals surface area contributed by atoms with E-state index in [0.717, 1.165) is 32.1 Å². The normalized spacial score (nSPS) is 20.9. The molecule has 0 aliphatic heterocycles. The molecule has 3 aromatic rings. The molecular weight excluding hydrogens is 422 g/mol. The average Bonchev–Trinajstić information content (AvgIpc) is 3.27. The summed E-state index contributed by atoms with van der Waals surface area (Å²) in [6, 6.07) is 5.34. The van der Waals surface area contributed by atoms with E-state index in [1.165, 1.54) is 12.6 Å². The highest BCUT2D eigenvalue weighted by Crippen LogP contribution is 2.28. The van der Waals surface area contributed by atoms with E-state index < -0.39 is 6.10 Å². The van der Waals surface area contributed by atoms with Crippen LogP contribution in [0.4, 0.5) is 17.3 Å². The van der Waals surface area contributed by atoms with Gasteiger partial charge in [0.25, 0.3) is 11.5 Å². The number of aliphatic hydroxyl groups excluding tert-OH is 1. The minimum absolute atomic E-state index is 0.0810. The summed E-state index contributed by atoms with van der Waals surface area (Å²) < 4.78 is 3.36. The van der Waals surface area contributed by atoms with Gasteiger partial charge in [0.2, 0.25) is 0 Å². The first-order valence-corrected chi connectivity index (χ1v) is 11.6. The van der Waals surface area contributed by atoms with E-state index in [-0.39, 0.29) is 23.6 Å². The second-order valence-corrected chi connectivity index (χ2v) is 8.85. The standard InChI is InChI=1S/C23H29N7O3/c1-24-20-12-19(26-17-8-5-11-29(23(17)33)14-6-3-2-4-7-14)28-21-15(13-25-30(20)21)22(32)27-16-9-10-18(16)31/h5,8,11-14,16,18,24,31H,2-4,6-7,9-10H2,1H3,(H,26,28)(H,27,32)/t16?,18-/m0/s1. The summed E-state index contributed by atoms with van der Waals surface area (Å²) >= 11 is 0. The number of carbonyl (C=O) groups is 1. The van der Waals surface area contributed by atoms with Crippen molar-refractivity contribution in [1.82, 2.24) is 24.5 Å². The van der Waals surface area contributed by atoms with Gasteiger partial charge in [0, 0.05) is 25.4 Å². The van der Waals surface area contributed by atoms with E-state index in [2.05, 4.69) is 26.0 Å². The molecule has 1 unspecified atom stereocenters. The smallest absolute Gasteiger partial charge is 0.274 e. The number of aromatic nitrogens is 4. The van der Waals surface area contributed by atoms with Crippen LogP contribution in [-0.4, -0.2) is 49.4 Å². The van der Waals surface area contributed by atoms with Crippen LogP contribution in [0.1, 0.15) is 61.3 Å². The Hall–Kier alpha value is -3.40. The Labute approximate surface area is 191 Å². The third-order valence-electron chi connectivity index (χ3n) is 6.73. The molecule has 10 heteroatoms. The topological polar surface area (TPSA) is 126 Å². The number of nitrogens with zero attached hydrogens (tertiary/aromatic N) is 4. The lowest BCUT2D eigenvalue weighted by Crippen LogP contribution is -2.50. The van der Waals surface area contributed by atoms with Crippen molar-refractivity contribution in [3.63, 3.8) is 0 Å². The lowest BCUT2D eigenvalue weighted by atomic mass is 9.89. The number of amides is 1. The van der Waals surface area contributed by atoms with Crippen molar-refractivity contribution >= 4 is 28.9 Å². The molecule has 2 saturated carbocycles. The Morgan fingerprint density at radius 3 is 2.70 bits per heavy atom. The minimum atomic E-state index is -0.515. The maximum Gasteiger partial charge on any atom is 0.274 e. The van der Waals surface area contributed by atoms with Gasteiger partial charge < -0.3 is 25.6 Å². The fourth-order valence-electron chi connectivity index (χ4n) is 4.65. The zero-order valence-electron chi connectivity index (χ0n) is 18.6. The van der Waals surface area contributed by atoms with Crippen LogP contribution in [0.25, 0.3) is 5.65 Å². The third kappa shape index (κ3) is 4.06. The number of anilines is 3. The van der Waals surface area contributed by atoms with E-state index in [4.69, 9.17) is 0 Å². The summed E-state index contributed by atoms with van der Waals surface area (Å²) in [6.07, 6.45) is 9.77. The summed E-state index contributed by atoms with van der Waals surface area (Å²) in [4.78, 5) is 30.6. The Morgan fingerprint density at radius 1 is 1.18 bits per heavy atom. The van der Waals surface area contributed by atoms with Crippen molar-refractivity contribution in [2.75, 3.05) is 17.7 Å². The van der Waals surface area contributed by atoms with Gasteiger partial charge in [0.15, 0.2) is 5.65 Å². The van der Waals surface area contributed by atoms with Gasteiger partial charge in [0.1, 0.15) is 22.9 Å². The number of hydrogen-bond acceptors (Lipinski definition) is 7. The first-order valence-electron chi connectivity index (χ1n) is 11.6. The van der Waals surface area contributed by atoms with Gasteiger partial charge >= 0.3 is 0 Å². The van der Waals surface area contributed by atoms with E-state index in [9.17, 15) is 14.7 Å². The van der Waals surface area contributed by atoms with Crippen LogP contribution < -0.4 is 21.5 Å². The van der Waals surface area contributed by atoms with E-state index in [1.807, 2.05) is 16.8 Å². The van der Waals surface area contributed by atoms with Crippen LogP contribution in [0.5, 0.6) is 0 Å². The van der Waals surface area contributed by atoms with Crippen LogP contribution in [0, 0.1) is 0 Å². The van der Waals surface area contributed by atoms with Crippen molar-refractivity contribution in [3.8, 4) is 0 Å². The van der Waals surface area contributed by atoms with E-state index in [0.29, 0.717) is 35.0 Å². The second-order valence-electron chi connectivity index (χ2n) is 8.85. The van der Waals surface area contributed by atoms with Crippen LogP contribution in [-0.2, 0) is 0 Å². The maximum absolute atomic E-state index is 13.2. The molecule has 1 amide bonds. The number of hydrogen-bond donors (Lipinski definition) is 4. The maximum atomic E-state index is 13.2. The van der Waals surface area contributed by atoms with Crippen LogP contribution >= 0.6 is 0 Å². The van der Waals surface area contributed by atoms with Gasteiger partial charge in [-0.2, -0.15) is 9.61 Å². The monoisotopic (exact) mass is 451 g/mol. The van der Waals surface area contributed by atoms with Crippen molar-refractivity contribution < 1.29 is 9.90 Å². The van der Waals surface area contributed by atoms with Crippen molar-refractivity contribution in [1.29, 1.82) is 0 Å². The highest BCUT2D eigenvalue weighted by Gasteiger charge is 2.31. The predicted octanol–water partition coefficient (Wildman–Crippen LogP) is 2.43. The van der Waals surface area contributed by atoms with Gasteiger partial charge in [-0.1, -0.05) is 19.3 Å². The first kappa shape index (κ1) is 21.4. The summed E-state index contributed by atoms with van der Waals surface area (Å²) in [5.74, 6) is 0.720. The van der Waals surface area contributed by atoms with Crippen LogP contribution in [0.3, 0.4) is 0 Å². The molecule has 2 atom stereocenters. The molecule has 2 aliphatic carbocycles. The minimum Gasteiger partial charge on any atom is -0.391 e. The van der Waals surface area contributed by atoms with Gasteiger partial charge in [-0.3, -0.25) is 9.59 Å². The highest BCUT2D eigenvalue weighted by atomic mass is 16.3. The van der Waals surface area contributed by atoms with E-state index >= 15 is 0 Å².